The number of benzene rings is 2. The zero-order valence-corrected chi connectivity index (χ0v) is 12.9. The number of carbonyl (C=O) groups excluding carboxylic acids is 1. The number of hydrogen-bond donors (Lipinski definition) is 1. The SMILES string of the molecule is CCNC(=O)c1cnc(-c2ccccc2)nc1-c1ccccc1. The molecular weight excluding hydrogens is 286 g/mol. The van der Waals surface area contributed by atoms with Crippen LogP contribution in [0.15, 0.2) is 66.9 Å². The molecule has 0 aliphatic rings. The zero-order chi connectivity index (χ0) is 16.1. The third-order valence-electron chi connectivity index (χ3n) is 3.45. The van der Waals surface area contributed by atoms with Crippen LogP contribution in [-0.4, -0.2) is 22.4 Å². The maximum atomic E-state index is 12.3. The molecule has 3 rings (SSSR count). The summed E-state index contributed by atoms with van der Waals surface area (Å²) in [4.78, 5) is 21.3. The number of nitrogens with zero attached hydrogens (tertiary/aromatic N) is 2. The first-order chi connectivity index (χ1) is 11.3. The van der Waals surface area contributed by atoms with Crippen LogP contribution in [0.5, 0.6) is 0 Å². The van der Waals surface area contributed by atoms with Crippen molar-refractivity contribution in [3.63, 3.8) is 0 Å². The Morgan fingerprint density at radius 3 is 2.17 bits per heavy atom. The lowest BCUT2D eigenvalue weighted by molar-refractivity contribution is 0.0956. The Morgan fingerprint density at radius 2 is 1.57 bits per heavy atom. The summed E-state index contributed by atoms with van der Waals surface area (Å²) in [7, 11) is 0. The molecular formula is C19H17N3O. The van der Waals surface area contributed by atoms with Crippen LogP contribution >= 0.6 is 0 Å². The Labute approximate surface area is 135 Å². The van der Waals surface area contributed by atoms with E-state index < -0.39 is 0 Å². The van der Waals surface area contributed by atoms with Crippen LogP contribution in [0.4, 0.5) is 0 Å². The minimum Gasteiger partial charge on any atom is -0.352 e. The van der Waals surface area contributed by atoms with Gasteiger partial charge in [-0.2, -0.15) is 0 Å². The van der Waals surface area contributed by atoms with Crippen molar-refractivity contribution in [1.29, 1.82) is 0 Å². The maximum Gasteiger partial charge on any atom is 0.255 e. The van der Waals surface area contributed by atoms with Gasteiger partial charge in [0.25, 0.3) is 5.91 Å². The standard InChI is InChI=1S/C19H17N3O/c1-2-20-19(23)16-13-21-18(15-11-7-4-8-12-15)22-17(16)14-9-5-3-6-10-14/h3-13H,2H2,1H3,(H,20,23). The van der Waals surface area contributed by atoms with Gasteiger partial charge in [-0.3, -0.25) is 4.79 Å². The lowest BCUT2D eigenvalue weighted by atomic mass is 10.1. The molecule has 114 valence electrons. The van der Waals surface area contributed by atoms with Crippen molar-refractivity contribution in [1.82, 2.24) is 15.3 Å². The van der Waals surface area contributed by atoms with Gasteiger partial charge in [-0.05, 0) is 6.92 Å². The molecule has 23 heavy (non-hydrogen) atoms. The largest absolute Gasteiger partial charge is 0.352 e. The average molecular weight is 303 g/mol. The smallest absolute Gasteiger partial charge is 0.255 e. The molecule has 0 bridgehead atoms. The van der Waals surface area contributed by atoms with Crippen molar-refractivity contribution >= 4 is 5.91 Å². The molecule has 2 aromatic carbocycles. The molecule has 1 amide bonds. The molecule has 4 heteroatoms. The second-order valence-corrected chi connectivity index (χ2v) is 5.05. The van der Waals surface area contributed by atoms with Gasteiger partial charge in [-0.15, -0.1) is 0 Å². The van der Waals surface area contributed by atoms with Crippen LogP contribution in [0, 0.1) is 0 Å². The third kappa shape index (κ3) is 3.26. The van der Waals surface area contributed by atoms with Gasteiger partial charge in [0.15, 0.2) is 5.82 Å². The normalized spacial score (nSPS) is 10.3. The molecule has 1 heterocycles. The molecule has 0 atom stereocenters. The van der Waals surface area contributed by atoms with Crippen LogP contribution in [0.25, 0.3) is 22.6 Å². The van der Waals surface area contributed by atoms with E-state index in [1.165, 1.54) is 0 Å². The topological polar surface area (TPSA) is 54.9 Å². The van der Waals surface area contributed by atoms with Crippen LogP contribution in [0.3, 0.4) is 0 Å². The van der Waals surface area contributed by atoms with E-state index >= 15 is 0 Å². The number of rotatable bonds is 4. The van der Waals surface area contributed by atoms with Gasteiger partial charge >= 0.3 is 0 Å². The van der Waals surface area contributed by atoms with Gasteiger partial charge in [0, 0.05) is 23.9 Å². The average Bonchev–Trinajstić information content (AvgIpc) is 2.63. The van der Waals surface area contributed by atoms with Crippen molar-refractivity contribution in [3.05, 3.63) is 72.4 Å². The van der Waals surface area contributed by atoms with E-state index in [-0.39, 0.29) is 5.91 Å². The van der Waals surface area contributed by atoms with Crippen LogP contribution in [0.1, 0.15) is 17.3 Å². The molecule has 1 N–H and O–H groups in total. The van der Waals surface area contributed by atoms with Crippen LogP contribution in [0.2, 0.25) is 0 Å². The minimum absolute atomic E-state index is 0.161. The maximum absolute atomic E-state index is 12.3. The van der Waals surface area contributed by atoms with Gasteiger partial charge in [0.1, 0.15) is 0 Å². The summed E-state index contributed by atoms with van der Waals surface area (Å²) in [5.41, 5.74) is 2.95. The summed E-state index contributed by atoms with van der Waals surface area (Å²) < 4.78 is 0. The fraction of sp³-hybridized carbons (Fsp3) is 0.105. The van der Waals surface area contributed by atoms with E-state index in [0.717, 1.165) is 11.1 Å². The lowest BCUT2D eigenvalue weighted by Gasteiger charge is -2.10. The van der Waals surface area contributed by atoms with Crippen molar-refractivity contribution in [2.75, 3.05) is 6.54 Å². The molecule has 0 unspecified atom stereocenters. The summed E-state index contributed by atoms with van der Waals surface area (Å²) in [6, 6.07) is 19.4. The van der Waals surface area contributed by atoms with E-state index in [1.807, 2.05) is 67.6 Å². The van der Waals surface area contributed by atoms with E-state index in [2.05, 4.69) is 15.3 Å². The highest BCUT2D eigenvalue weighted by Gasteiger charge is 2.16. The fourth-order valence-electron chi connectivity index (χ4n) is 2.35. The molecule has 0 aliphatic heterocycles. The summed E-state index contributed by atoms with van der Waals surface area (Å²) in [5, 5.41) is 2.81. The summed E-state index contributed by atoms with van der Waals surface area (Å²) >= 11 is 0. The lowest BCUT2D eigenvalue weighted by Crippen LogP contribution is -2.24. The number of aromatic nitrogens is 2. The minimum atomic E-state index is -0.161. The molecule has 4 nitrogen and oxygen atoms in total. The van der Waals surface area contributed by atoms with Gasteiger partial charge in [0.2, 0.25) is 0 Å². The van der Waals surface area contributed by atoms with E-state index in [1.54, 1.807) is 6.20 Å². The van der Waals surface area contributed by atoms with Gasteiger partial charge in [0.05, 0.1) is 11.3 Å². The summed E-state index contributed by atoms with van der Waals surface area (Å²) in [6.45, 7) is 2.45. The second kappa shape index (κ2) is 6.83. The first-order valence-electron chi connectivity index (χ1n) is 7.55. The molecule has 0 fully saturated rings. The van der Waals surface area contributed by atoms with Crippen molar-refractivity contribution < 1.29 is 4.79 Å². The number of carbonyl (C=O) groups is 1. The van der Waals surface area contributed by atoms with Crippen molar-refractivity contribution in [2.45, 2.75) is 6.92 Å². The summed E-state index contributed by atoms with van der Waals surface area (Å²) in [6.07, 6.45) is 1.60. The van der Waals surface area contributed by atoms with Crippen LogP contribution < -0.4 is 5.32 Å². The number of amides is 1. The molecule has 0 radical (unpaired) electrons. The van der Waals surface area contributed by atoms with Gasteiger partial charge < -0.3 is 5.32 Å². The Morgan fingerprint density at radius 1 is 0.957 bits per heavy atom. The number of nitrogens with one attached hydrogen (secondary N) is 1. The zero-order valence-electron chi connectivity index (χ0n) is 12.9. The Balaban J connectivity index is 2.13. The molecule has 0 spiro atoms. The van der Waals surface area contributed by atoms with Gasteiger partial charge in [-0.1, -0.05) is 60.7 Å². The van der Waals surface area contributed by atoms with Crippen molar-refractivity contribution in [3.8, 4) is 22.6 Å². The molecule has 1 aromatic heterocycles. The van der Waals surface area contributed by atoms with Crippen molar-refractivity contribution in [2.24, 2.45) is 0 Å². The predicted molar refractivity (Wildman–Crippen MR) is 90.9 cm³/mol. The predicted octanol–water partition coefficient (Wildman–Crippen LogP) is 3.56. The van der Waals surface area contributed by atoms with E-state index in [4.69, 9.17) is 0 Å². The third-order valence-corrected chi connectivity index (χ3v) is 3.45. The first-order valence-corrected chi connectivity index (χ1v) is 7.55. The summed E-state index contributed by atoms with van der Waals surface area (Å²) in [5.74, 6) is 0.448. The Kier molecular flexibility index (Phi) is 4.43. The molecule has 0 saturated heterocycles. The number of hydrogen-bond acceptors (Lipinski definition) is 3. The fourth-order valence-corrected chi connectivity index (χ4v) is 2.35. The monoisotopic (exact) mass is 303 g/mol. The molecule has 0 aliphatic carbocycles. The highest BCUT2D eigenvalue weighted by molar-refractivity contribution is 5.99. The molecule has 3 aromatic rings. The Hall–Kier alpha value is -3.01. The Bertz CT molecular complexity index is 801. The van der Waals surface area contributed by atoms with E-state index in [9.17, 15) is 4.79 Å². The van der Waals surface area contributed by atoms with E-state index in [0.29, 0.717) is 23.6 Å². The quantitative estimate of drug-likeness (QED) is 0.801. The first kappa shape index (κ1) is 14.9. The molecule has 0 saturated carbocycles. The van der Waals surface area contributed by atoms with Crippen LogP contribution in [-0.2, 0) is 0 Å². The highest BCUT2D eigenvalue weighted by atomic mass is 16.1. The van der Waals surface area contributed by atoms with Gasteiger partial charge in [-0.25, -0.2) is 9.97 Å². The second-order valence-electron chi connectivity index (χ2n) is 5.05. The highest BCUT2D eigenvalue weighted by Crippen LogP contribution is 2.24.